The molecule has 2 amide bonds. The number of aromatic nitrogens is 3. The number of amides is 2. The van der Waals surface area contributed by atoms with E-state index in [1.54, 1.807) is 36.4 Å². The standard InChI is InChI=1S/C26H20ClN5O3/c1-32-13-12-23-24(32)25(29-16-28-23)35-20-10-11-22(21(27)15-20)31-26(33)30-17-6-5-9-19(14-17)34-18-7-3-2-4-8-18/h2-16H,1H3,(H2,30,31,33). The second-order valence-electron chi connectivity index (χ2n) is 7.61. The lowest BCUT2D eigenvalue weighted by Gasteiger charge is -2.12. The predicted octanol–water partition coefficient (Wildman–Crippen LogP) is 6.85. The summed E-state index contributed by atoms with van der Waals surface area (Å²) in [6.07, 6.45) is 3.33. The van der Waals surface area contributed by atoms with E-state index in [1.165, 1.54) is 6.33 Å². The molecule has 0 unspecified atom stereocenters. The van der Waals surface area contributed by atoms with Crippen molar-refractivity contribution in [1.82, 2.24) is 14.5 Å². The fourth-order valence-corrected chi connectivity index (χ4v) is 3.70. The zero-order valence-corrected chi connectivity index (χ0v) is 19.4. The van der Waals surface area contributed by atoms with Gasteiger partial charge in [0.15, 0.2) is 0 Å². The van der Waals surface area contributed by atoms with Crippen molar-refractivity contribution in [3.8, 4) is 23.1 Å². The lowest BCUT2D eigenvalue weighted by atomic mass is 10.3. The highest BCUT2D eigenvalue weighted by atomic mass is 35.5. The number of hydrogen-bond donors (Lipinski definition) is 2. The molecule has 0 saturated heterocycles. The summed E-state index contributed by atoms with van der Waals surface area (Å²) in [6.45, 7) is 0. The summed E-state index contributed by atoms with van der Waals surface area (Å²) in [5.41, 5.74) is 2.54. The average Bonchev–Trinajstić information content (AvgIpc) is 3.23. The Morgan fingerprint density at radius 2 is 1.66 bits per heavy atom. The molecule has 5 aromatic rings. The molecule has 2 N–H and O–H groups in total. The number of fused-ring (bicyclic) bond motifs is 1. The molecule has 0 fully saturated rings. The van der Waals surface area contributed by atoms with Gasteiger partial charge in [-0.3, -0.25) is 0 Å². The van der Waals surface area contributed by atoms with Gasteiger partial charge in [-0.1, -0.05) is 35.9 Å². The van der Waals surface area contributed by atoms with Gasteiger partial charge in [0, 0.05) is 31.1 Å². The quantitative estimate of drug-likeness (QED) is 0.274. The van der Waals surface area contributed by atoms with Crippen LogP contribution in [0.1, 0.15) is 0 Å². The first kappa shape index (κ1) is 22.2. The number of anilines is 2. The van der Waals surface area contributed by atoms with Crippen molar-refractivity contribution < 1.29 is 14.3 Å². The van der Waals surface area contributed by atoms with Crippen LogP contribution in [0.2, 0.25) is 5.02 Å². The van der Waals surface area contributed by atoms with Crippen molar-refractivity contribution in [3.05, 3.63) is 96.4 Å². The molecule has 0 radical (unpaired) electrons. The van der Waals surface area contributed by atoms with Crippen LogP contribution in [0.25, 0.3) is 11.0 Å². The number of ether oxygens (including phenoxy) is 2. The van der Waals surface area contributed by atoms with Gasteiger partial charge in [0.05, 0.1) is 16.2 Å². The van der Waals surface area contributed by atoms with Gasteiger partial charge in [0.25, 0.3) is 0 Å². The van der Waals surface area contributed by atoms with E-state index >= 15 is 0 Å². The summed E-state index contributed by atoms with van der Waals surface area (Å²) >= 11 is 6.41. The van der Waals surface area contributed by atoms with Crippen molar-refractivity contribution >= 4 is 40.0 Å². The fraction of sp³-hybridized carbons (Fsp3) is 0.0385. The maximum Gasteiger partial charge on any atom is 0.323 e. The Labute approximate surface area is 206 Å². The Bertz CT molecular complexity index is 1500. The number of aryl methyl sites for hydroxylation is 1. The van der Waals surface area contributed by atoms with Crippen LogP contribution in [0.4, 0.5) is 16.2 Å². The van der Waals surface area contributed by atoms with Gasteiger partial charge in [0.1, 0.15) is 29.1 Å². The van der Waals surface area contributed by atoms with E-state index in [9.17, 15) is 4.79 Å². The Hall–Kier alpha value is -4.56. The first-order chi connectivity index (χ1) is 17.0. The SMILES string of the molecule is Cn1ccc2ncnc(Oc3ccc(NC(=O)Nc4cccc(Oc5ccccc5)c4)c(Cl)c3)c21. The average molecular weight is 486 g/mol. The monoisotopic (exact) mass is 485 g/mol. The normalized spacial score (nSPS) is 10.7. The molecule has 8 nitrogen and oxygen atoms in total. The summed E-state index contributed by atoms with van der Waals surface area (Å²) in [7, 11) is 1.89. The lowest BCUT2D eigenvalue weighted by Crippen LogP contribution is -2.19. The van der Waals surface area contributed by atoms with Gasteiger partial charge in [0.2, 0.25) is 5.88 Å². The third-order valence-corrected chi connectivity index (χ3v) is 5.41. The Kier molecular flexibility index (Phi) is 6.19. The third kappa shape index (κ3) is 5.18. The molecule has 174 valence electrons. The minimum absolute atomic E-state index is 0.316. The van der Waals surface area contributed by atoms with Gasteiger partial charge in [-0.25, -0.2) is 9.78 Å². The molecule has 9 heteroatoms. The maximum absolute atomic E-state index is 12.6. The van der Waals surface area contributed by atoms with Crippen molar-refractivity contribution in [2.45, 2.75) is 0 Å². The van der Waals surface area contributed by atoms with E-state index in [2.05, 4.69) is 20.6 Å². The minimum Gasteiger partial charge on any atom is -0.457 e. The third-order valence-electron chi connectivity index (χ3n) is 5.10. The largest absolute Gasteiger partial charge is 0.457 e. The van der Waals surface area contributed by atoms with Gasteiger partial charge >= 0.3 is 6.03 Å². The molecule has 0 saturated carbocycles. The van der Waals surface area contributed by atoms with Crippen molar-refractivity contribution in [1.29, 1.82) is 0 Å². The smallest absolute Gasteiger partial charge is 0.323 e. The molecule has 0 bridgehead atoms. The number of benzene rings is 3. The molecule has 2 heterocycles. The van der Waals surface area contributed by atoms with E-state index < -0.39 is 6.03 Å². The summed E-state index contributed by atoms with van der Waals surface area (Å²) in [4.78, 5) is 21.0. The van der Waals surface area contributed by atoms with Gasteiger partial charge in [-0.2, -0.15) is 4.98 Å². The van der Waals surface area contributed by atoms with Crippen molar-refractivity contribution in [2.75, 3.05) is 10.6 Å². The molecule has 0 atom stereocenters. The van der Waals surface area contributed by atoms with Crippen molar-refractivity contribution in [3.63, 3.8) is 0 Å². The van der Waals surface area contributed by atoms with Gasteiger partial charge in [-0.15, -0.1) is 0 Å². The van der Waals surface area contributed by atoms with Crippen LogP contribution in [0.3, 0.4) is 0 Å². The highest BCUT2D eigenvalue weighted by Crippen LogP contribution is 2.32. The molecular weight excluding hydrogens is 466 g/mol. The minimum atomic E-state index is -0.446. The molecule has 0 aliphatic carbocycles. The van der Waals surface area contributed by atoms with Crippen LogP contribution in [-0.4, -0.2) is 20.6 Å². The Morgan fingerprint density at radius 1 is 0.857 bits per heavy atom. The van der Waals surface area contributed by atoms with Crippen molar-refractivity contribution in [2.24, 2.45) is 7.05 Å². The molecular formula is C26H20ClN5O3. The number of carbonyl (C=O) groups is 1. The number of para-hydroxylation sites is 1. The van der Waals surface area contributed by atoms with Gasteiger partial charge in [-0.05, 0) is 42.5 Å². The molecule has 0 aliphatic heterocycles. The first-order valence-corrected chi connectivity index (χ1v) is 11.1. The van der Waals surface area contributed by atoms with Gasteiger partial charge < -0.3 is 24.7 Å². The summed E-state index contributed by atoms with van der Waals surface area (Å²) in [5, 5.41) is 5.84. The highest BCUT2D eigenvalue weighted by Gasteiger charge is 2.12. The number of carbonyl (C=O) groups excluding carboxylic acids is 1. The van der Waals surface area contributed by atoms with Crippen LogP contribution in [0.15, 0.2) is 91.4 Å². The highest BCUT2D eigenvalue weighted by molar-refractivity contribution is 6.34. The first-order valence-electron chi connectivity index (χ1n) is 10.7. The molecule has 3 aromatic carbocycles. The molecule has 35 heavy (non-hydrogen) atoms. The Balaban J connectivity index is 1.25. The molecule has 0 aliphatic rings. The molecule has 0 spiro atoms. The summed E-state index contributed by atoms with van der Waals surface area (Å²) < 4.78 is 13.6. The van der Waals surface area contributed by atoms with Crippen LogP contribution in [-0.2, 0) is 7.05 Å². The van der Waals surface area contributed by atoms with Crippen LogP contribution in [0.5, 0.6) is 23.1 Å². The lowest BCUT2D eigenvalue weighted by molar-refractivity contribution is 0.262. The topological polar surface area (TPSA) is 90.3 Å². The molecule has 2 aromatic heterocycles. The number of rotatable bonds is 6. The number of halogens is 1. The molecule has 5 rings (SSSR count). The second-order valence-corrected chi connectivity index (χ2v) is 8.01. The van der Waals surface area contributed by atoms with Crippen LogP contribution < -0.4 is 20.1 Å². The summed E-state index contributed by atoms with van der Waals surface area (Å²) in [6, 6.07) is 22.9. The zero-order chi connectivity index (χ0) is 24.2. The summed E-state index contributed by atoms with van der Waals surface area (Å²) in [5.74, 6) is 2.20. The zero-order valence-electron chi connectivity index (χ0n) is 18.6. The fourth-order valence-electron chi connectivity index (χ4n) is 3.48. The van der Waals surface area contributed by atoms with Crippen LogP contribution >= 0.6 is 11.6 Å². The van der Waals surface area contributed by atoms with E-state index in [0.717, 1.165) is 11.0 Å². The maximum atomic E-state index is 12.6. The Morgan fingerprint density at radius 3 is 2.49 bits per heavy atom. The van der Waals surface area contributed by atoms with E-state index in [-0.39, 0.29) is 0 Å². The second kappa shape index (κ2) is 9.74. The number of hydrogen-bond acceptors (Lipinski definition) is 5. The predicted molar refractivity (Wildman–Crippen MR) is 136 cm³/mol. The number of nitrogens with zero attached hydrogens (tertiary/aromatic N) is 3. The van der Waals surface area contributed by atoms with E-state index in [0.29, 0.717) is 39.5 Å². The van der Waals surface area contributed by atoms with E-state index in [1.807, 2.05) is 60.3 Å². The number of urea groups is 1. The van der Waals surface area contributed by atoms with E-state index in [4.69, 9.17) is 21.1 Å². The van der Waals surface area contributed by atoms with Crippen LogP contribution in [0, 0.1) is 0 Å². The number of nitrogens with one attached hydrogen (secondary N) is 2.